The number of anilines is 1. The van der Waals surface area contributed by atoms with Gasteiger partial charge in [0, 0.05) is 81.5 Å². The second kappa shape index (κ2) is 37.4. The van der Waals surface area contributed by atoms with Crippen LogP contribution in [-0.2, 0) is 51.0 Å². The number of aryl methyl sites for hydroxylation is 2. The van der Waals surface area contributed by atoms with Crippen LogP contribution in [0, 0.1) is 32.6 Å². The molecule has 3 fully saturated rings. The quantitative estimate of drug-likeness (QED) is 0.0362. The first-order chi connectivity index (χ1) is 44.3. The number of nitrogens with zero attached hydrogens (tertiary/aromatic N) is 4. The molecule has 1 aliphatic carbocycles. The Balaban J connectivity index is 0.713. The molecule has 2 saturated heterocycles. The van der Waals surface area contributed by atoms with Gasteiger partial charge in [0.05, 0.1) is 52.9 Å². The lowest BCUT2D eigenvalue weighted by atomic mass is 9.83. The third-order valence-electron chi connectivity index (χ3n) is 18.0. The fourth-order valence-corrected chi connectivity index (χ4v) is 12.4. The lowest BCUT2D eigenvalue weighted by Gasteiger charge is -2.37. The van der Waals surface area contributed by atoms with Gasteiger partial charge in [-0.2, -0.15) is 0 Å². The molecular formula is C72H107N7O13. The van der Waals surface area contributed by atoms with Gasteiger partial charge in [0.25, 0.3) is 11.5 Å². The van der Waals surface area contributed by atoms with Crippen molar-refractivity contribution >= 4 is 29.5 Å². The minimum atomic E-state index is -0.785. The summed E-state index contributed by atoms with van der Waals surface area (Å²) in [5.74, 6) is 1.44. The number of carbonyl (C=O) groups excluding carboxylic acids is 4. The van der Waals surface area contributed by atoms with E-state index in [1.807, 2.05) is 74.2 Å². The summed E-state index contributed by atoms with van der Waals surface area (Å²) in [5.41, 5.74) is 6.88. The summed E-state index contributed by atoms with van der Waals surface area (Å²) in [5, 5.41) is 6.13. The number of benzene rings is 3. The van der Waals surface area contributed by atoms with Crippen LogP contribution < -0.4 is 30.6 Å². The molecule has 92 heavy (non-hydrogen) atoms. The largest absolute Gasteiger partial charge is 0.491 e. The molecular weight excluding hydrogens is 1170 g/mol. The molecule has 3 aliphatic rings. The number of H-pyrrole nitrogens is 1. The number of ether oxygens (including phenoxy) is 8. The van der Waals surface area contributed by atoms with Crippen LogP contribution in [0.3, 0.4) is 0 Å². The van der Waals surface area contributed by atoms with Crippen molar-refractivity contribution in [2.45, 2.75) is 157 Å². The van der Waals surface area contributed by atoms with Crippen LogP contribution in [0.25, 0.3) is 11.1 Å². The third-order valence-corrected chi connectivity index (χ3v) is 18.0. The molecule has 1 saturated carbocycles. The Kier molecular flexibility index (Phi) is 29.6. The summed E-state index contributed by atoms with van der Waals surface area (Å²) in [6, 6.07) is 21.1. The van der Waals surface area contributed by atoms with E-state index in [4.69, 9.17) is 37.9 Å². The molecule has 4 aromatic rings. The molecule has 3 atom stereocenters. The number of likely N-dealkylation sites (tertiary alicyclic amines) is 1. The number of carbonyl (C=O) groups is 4. The summed E-state index contributed by atoms with van der Waals surface area (Å²) in [6.45, 7) is 28.1. The van der Waals surface area contributed by atoms with Crippen LogP contribution in [-0.4, -0.2) is 193 Å². The molecule has 1 aromatic heterocycles. The Morgan fingerprint density at radius 3 is 1.90 bits per heavy atom. The van der Waals surface area contributed by atoms with Gasteiger partial charge in [0.15, 0.2) is 0 Å². The zero-order valence-corrected chi connectivity index (χ0v) is 56.8. The highest BCUT2D eigenvalue weighted by Gasteiger charge is 2.39. The van der Waals surface area contributed by atoms with Crippen LogP contribution in [0.15, 0.2) is 71.5 Å². The maximum absolute atomic E-state index is 14.2. The van der Waals surface area contributed by atoms with E-state index in [1.54, 1.807) is 34.7 Å². The summed E-state index contributed by atoms with van der Waals surface area (Å²) >= 11 is 0. The Morgan fingerprint density at radius 1 is 0.728 bits per heavy atom. The number of aromatic nitrogens is 1. The van der Waals surface area contributed by atoms with Gasteiger partial charge in [-0.1, -0.05) is 50.5 Å². The molecule has 0 radical (unpaired) electrons. The van der Waals surface area contributed by atoms with E-state index in [1.165, 1.54) is 10.5 Å². The maximum atomic E-state index is 14.2. The fourth-order valence-electron chi connectivity index (χ4n) is 12.4. The van der Waals surface area contributed by atoms with Crippen molar-refractivity contribution in [3.8, 4) is 22.6 Å². The molecule has 3 heterocycles. The second-order valence-corrected chi connectivity index (χ2v) is 25.8. The van der Waals surface area contributed by atoms with Gasteiger partial charge in [-0.25, -0.2) is 4.79 Å². The first-order valence-corrected chi connectivity index (χ1v) is 33.8. The minimum Gasteiger partial charge on any atom is -0.491 e. The summed E-state index contributed by atoms with van der Waals surface area (Å²) in [6.07, 6.45) is 9.19. The number of hydrogen-bond acceptors (Lipinski definition) is 15. The normalized spacial score (nSPS) is 16.3. The van der Waals surface area contributed by atoms with E-state index in [-0.39, 0.29) is 35.7 Å². The molecule has 508 valence electrons. The predicted molar refractivity (Wildman–Crippen MR) is 359 cm³/mol. The van der Waals surface area contributed by atoms with Gasteiger partial charge in [-0.05, 0) is 196 Å². The average Bonchev–Trinajstić information content (AvgIpc) is 1.11. The zero-order chi connectivity index (χ0) is 66.0. The minimum absolute atomic E-state index is 0.00455. The monoisotopic (exact) mass is 1280 g/mol. The Labute approximate surface area is 547 Å². The third kappa shape index (κ3) is 22.9. The van der Waals surface area contributed by atoms with E-state index < -0.39 is 23.8 Å². The van der Waals surface area contributed by atoms with E-state index in [2.05, 4.69) is 57.5 Å². The molecule has 3 N–H and O–H groups in total. The van der Waals surface area contributed by atoms with Gasteiger partial charge in [0.1, 0.15) is 42.4 Å². The standard InChI is InChI=1S/C72H107N7O13/c1-11-77(32-27-56-28-33-78(50-56)70(83)66(58-16-14-13-15-17-58)75-67(80)54(6)76(10)71(84)92-72(7,8)9)31-26-55-18-22-61(23-19-55)90-44-42-88-40-38-86-36-37-87-39-41-89-43-45-91-62-24-20-57(21-25-62)59-47-63(68(81)73-49-64-51(3)46-52(4)74-69(64)82)53(5)65(48-59)79(12-2)60-29-34-85-35-30-60/h18-25,46-48,54,56,58,60,66H,11-17,26-45,49-50H2,1-10H3,(H,73,81)(H,74,82)(H,75,80)/t54-,56?,66-/m0/s1. The van der Waals surface area contributed by atoms with Crippen molar-refractivity contribution in [1.82, 2.24) is 30.3 Å². The van der Waals surface area contributed by atoms with E-state index in [9.17, 15) is 24.0 Å². The number of likely N-dealkylation sites (N-methyl/N-ethyl adjacent to an activating group) is 2. The summed E-state index contributed by atoms with van der Waals surface area (Å²) in [7, 11) is 1.56. The Morgan fingerprint density at radius 2 is 1.33 bits per heavy atom. The number of amides is 4. The second-order valence-electron chi connectivity index (χ2n) is 25.8. The Hall–Kier alpha value is -6.55. The maximum Gasteiger partial charge on any atom is 0.410 e. The van der Waals surface area contributed by atoms with E-state index in [0.29, 0.717) is 121 Å². The molecule has 1 unspecified atom stereocenters. The van der Waals surface area contributed by atoms with E-state index >= 15 is 0 Å². The van der Waals surface area contributed by atoms with Crippen molar-refractivity contribution in [2.24, 2.45) is 11.8 Å². The number of rotatable bonds is 36. The molecule has 20 nitrogen and oxygen atoms in total. The van der Waals surface area contributed by atoms with Crippen LogP contribution in [0.5, 0.6) is 11.5 Å². The van der Waals surface area contributed by atoms with Crippen molar-refractivity contribution in [2.75, 3.05) is 130 Å². The smallest absolute Gasteiger partial charge is 0.410 e. The number of aromatic amines is 1. The first kappa shape index (κ1) is 72.9. The van der Waals surface area contributed by atoms with Crippen molar-refractivity contribution in [3.05, 3.63) is 111 Å². The van der Waals surface area contributed by atoms with Crippen molar-refractivity contribution in [3.63, 3.8) is 0 Å². The molecule has 0 bridgehead atoms. The average molecular weight is 1280 g/mol. The highest BCUT2D eigenvalue weighted by Crippen LogP contribution is 2.35. The van der Waals surface area contributed by atoms with Crippen LogP contribution in [0.1, 0.15) is 138 Å². The predicted octanol–water partition coefficient (Wildman–Crippen LogP) is 9.85. The van der Waals surface area contributed by atoms with Crippen LogP contribution in [0.4, 0.5) is 10.5 Å². The lowest BCUT2D eigenvalue weighted by molar-refractivity contribution is -0.138. The van der Waals surface area contributed by atoms with Crippen molar-refractivity contribution in [1.29, 1.82) is 0 Å². The van der Waals surface area contributed by atoms with Gasteiger partial charge in [-0.15, -0.1) is 0 Å². The SMILES string of the molecule is CCN(CCc1ccc(OCCOCCOCCOCCOCCOc2ccc(-c3cc(C(=O)NCc4c(C)cc(C)[nH]c4=O)c(C)c(N(CC)C4CCOCC4)c3)cc2)cc1)CCC1CCN(C(=O)[C@@H](NC(=O)[C@H](C)N(C)C(=O)OC(C)(C)C)C2CCCCC2)C1. The molecule has 3 aromatic carbocycles. The molecule has 2 aliphatic heterocycles. The summed E-state index contributed by atoms with van der Waals surface area (Å²) in [4.78, 5) is 78.2. The molecule has 7 rings (SSSR count). The summed E-state index contributed by atoms with van der Waals surface area (Å²) < 4.78 is 46.0. The molecule has 0 spiro atoms. The van der Waals surface area contributed by atoms with Crippen molar-refractivity contribution < 1.29 is 57.1 Å². The topological polar surface area (TPSA) is 212 Å². The molecule has 4 amide bonds. The van der Waals surface area contributed by atoms with Gasteiger partial charge >= 0.3 is 6.09 Å². The fraction of sp³-hybridized carbons (Fsp3) is 0.625. The highest BCUT2D eigenvalue weighted by molar-refractivity contribution is 5.99. The molecule has 20 heteroatoms. The first-order valence-electron chi connectivity index (χ1n) is 33.8. The number of nitrogens with one attached hydrogen (secondary N) is 3. The number of pyridine rings is 1. The lowest BCUT2D eigenvalue weighted by Crippen LogP contribution is -2.56. The number of hydrogen-bond donors (Lipinski definition) is 3. The van der Waals surface area contributed by atoms with E-state index in [0.717, 1.165) is 130 Å². The van der Waals surface area contributed by atoms with Gasteiger partial charge in [-0.3, -0.25) is 24.1 Å². The van der Waals surface area contributed by atoms with Gasteiger partial charge < -0.3 is 68.2 Å². The van der Waals surface area contributed by atoms with Crippen LogP contribution in [0.2, 0.25) is 0 Å². The van der Waals surface area contributed by atoms with Gasteiger partial charge in [0.2, 0.25) is 11.8 Å². The Bertz CT molecular complexity index is 2980. The highest BCUT2D eigenvalue weighted by atomic mass is 16.6. The van der Waals surface area contributed by atoms with Crippen LogP contribution >= 0.6 is 0 Å². The zero-order valence-electron chi connectivity index (χ0n) is 56.8.